The zero-order chi connectivity index (χ0) is 15.9. The summed E-state index contributed by atoms with van der Waals surface area (Å²) in [7, 11) is 0. The average Bonchev–Trinajstić information content (AvgIpc) is 3.21. The first-order chi connectivity index (χ1) is 11.3. The van der Waals surface area contributed by atoms with Gasteiger partial charge in [-0.2, -0.15) is 5.10 Å². The fourth-order valence-electron chi connectivity index (χ4n) is 2.66. The van der Waals surface area contributed by atoms with Gasteiger partial charge in [0, 0.05) is 19.2 Å². The zero-order valence-corrected chi connectivity index (χ0v) is 14.3. The lowest BCUT2D eigenvalue weighted by Gasteiger charge is -2.12. The molecular formula is C17H23ClN4O2. The lowest BCUT2D eigenvalue weighted by molar-refractivity contribution is -0.115. The van der Waals surface area contributed by atoms with Crippen LogP contribution in [0.3, 0.4) is 0 Å². The number of carbonyl (C=O) groups excluding carboxylic acids is 1. The number of nitrogens with zero attached hydrogens (tertiary/aromatic N) is 2. The largest absolute Gasteiger partial charge is 0.377 e. The normalized spacial score (nSPS) is 16.6. The van der Waals surface area contributed by atoms with Crippen LogP contribution in [0.15, 0.2) is 42.6 Å². The van der Waals surface area contributed by atoms with Crippen molar-refractivity contribution in [2.24, 2.45) is 0 Å². The van der Waals surface area contributed by atoms with Crippen LogP contribution in [-0.4, -0.2) is 41.5 Å². The number of ether oxygens (including phenoxy) is 1. The van der Waals surface area contributed by atoms with Gasteiger partial charge >= 0.3 is 0 Å². The summed E-state index contributed by atoms with van der Waals surface area (Å²) in [6.07, 6.45) is 4.11. The van der Waals surface area contributed by atoms with Crippen LogP contribution in [0.25, 0.3) is 0 Å². The molecule has 1 fully saturated rings. The standard InChI is InChI=1S/C17H22N4O2.ClH/c22-17(12-18-11-15-7-4-10-23-15)20-16-8-9-19-21(16)13-14-5-2-1-3-6-14;/h1-3,5-6,8-9,15,18H,4,7,10-13H2,(H,20,22);1H. The summed E-state index contributed by atoms with van der Waals surface area (Å²) in [6.45, 7) is 2.46. The lowest BCUT2D eigenvalue weighted by Crippen LogP contribution is -2.34. The van der Waals surface area contributed by atoms with Crippen LogP contribution in [-0.2, 0) is 16.1 Å². The van der Waals surface area contributed by atoms with Gasteiger partial charge < -0.3 is 15.4 Å². The first-order valence-corrected chi connectivity index (χ1v) is 7.99. The number of carbonyl (C=O) groups is 1. The Morgan fingerprint density at radius 1 is 1.29 bits per heavy atom. The van der Waals surface area contributed by atoms with Gasteiger partial charge in [-0.3, -0.25) is 4.79 Å². The molecule has 2 aromatic rings. The fraction of sp³-hybridized carbons (Fsp3) is 0.412. The molecule has 1 atom stereocenters. The maximum Gasteiger partial charge on any atom is 0.239 e. The summed E-state index contributed by atoms with van der Waals surface area (Å²) >= 11 is 0. The first-order valence-electron chi connectivity index (χ1n) is 7.99. The average molecular weight is 351 g/mol. The Bertz CT molecular complexity index is 627. The SMILES string of the molecule is Cl.O=C(CNCC1CCCO1)Nc1ccnn1Cc1ccccc1. The van der Waals surface area contributed by atoms with E-state index >= 15 is 0 Å². The minimum Gasteiger partial charge on any atom is -0.377 e. The second-order valence-corrected chi connectivity index (χ2v) is 5.67. The zero-order valence-electron chi connectivity index (χ0n) is 13.5. The van der Waals surface area contributed by atoms with Crippen molar-refractivity contribution in [2.45, 2.75) is 25.5 Å². The van der Waals surface area contributed by atoms with Crippen molar-refractivity contribution in [1.82, 2.24) is 15.1 Å². The summed E-state index contributed by atoms with van der Waals surface area (Å²) in [5, 5.41) is 10.3. The van der Waals surface area contributed by atoms with E-state index in [2.05, 4.69) is 15.7 Å². The molecule has 6 nitrogen and oxygen atoms in total. The molecule has 1 saturated heterocycles. The number of hydrogen-bond donors (Lipinski definition) is 2. The van der Waals surface area contributed by atoms with Gasteiger partial charge in [0.15, 0.2) is 0 Å². The summed E-state index contributed by atoms with van der Waals surface area (Å²) < 4.78 is 7.30. The second kappa shape index (κ2) is 9.42. The van der Waals surface area contributed by atoms with Crippen molar-refractivity contribution in [3.8, 4) is 0 Å². The molecule has 1 aromatic heterocycles. The highest BCUT2D eigenvalue weighted by atomic mass is 35.5. The number of nitrogens with one attached hydrogen (secondary N) is 2. The van der Waals surface area contributed by atoms with E-state index in [1.165, 1.54) is 0 Å². The van der Waals surface area contributed by atoms with Crippen molar-refractivity contribution < 1.29 is 9.53 Å². The highest BCUT2D eigenvalue weighted by Gasteiger charge is 2.15. The van der Waals surface area contributed by atoms with E-state index in [-0.39, 0.29) is 31.0 Å². The van der Waals surface area contributed by atoms with Crippen LogP contribution in [0.5, 0.6) is 0 Å². The minimum atomic E-state index is -0.0715. The van der Waals surface area contributed by atoms with Gasteiger partial charge in [-0.05, 0) is 18.4 Å². The van der Waals surface area contributed by atoms with E-state index in [9.17, 15) is 4.79 Å². The van der Waals surface area contributed by atoms with E-state index < -0.39 is 0 Å². The molecule has 7 heteroatoms. The molecule has 0 radical (unpaired) electrons. The molecule has 2 heterocycles. The Morgan fingerprint density at radius 2 is 2.12 bits per heavy atom. The molecule has 0 bridgehead atoms. The number of halogens is 1. The monoisotopic (exact) mass is 350 g/mol. The number of rotatable bonds is 7. The quantitative estimate of drug-likeness (QED) is 0.802. The van der Waals surface area contributed by atoms with Gasteiger partial charge in [-0.25, -0.2) is 4.68 Å². The number of amides is 1. The number of hydrogen-bond acceptors (Lipinski definition) is 4. The predicted molar refractivity (Wildman–Crippen MR) is 95.5 cm³/mol. The molecule has 1 amide bonds. The molecule has 1 unspecified atom stereocenters. The molecule has 2 N–H and O–H groups in total. The highest BCUT2D eigenvalue weighted by molar-refractivity contribution is 5.91. The van der Waals surface area contributed by atoms with Crippen molar-refractivity contribution in [3.63, 3.8) is 0 Å². The third-order valence-corrected chi connectivity index (χ3v) is 3.84. The van der Waals surface area contributed by atoms with Gasteiger partial charge in [-0.15, -0.1) is 12.4 Å². The van der Waals surface area contributed by atoms with Gasteiger partial charge in [0.05, 0.1) is 25.4 Å². The van der Waals surface area contributed by atoms with Gasteiger partial charge in [-0.1, -0.05) is 30.3 Å². The topological polar surface area (TPSA) is 68.2 Å². The lowest BCUT2D eigenvalue weighted by atomic mass is 10.2. The van der Waals surface area contributed by atoms with Gasteiger partial charge in [0.2, 0.25) is 5.91 Å². The van der Waals surface area contributed by atoms with Crippen LogP contribution in [0, 0.1) is 0 Å². The summed E-state index contributed by atoms with van der Waals surface area (Å²) in [5.74, 6) is 0.635. The maximum absolute atomic E-state index is 12.0. The van der Waals surface area contributed by atoms with Crippen LogP contribution in [0.2, 0.25) is 0 Å². The summed E-state index contributed by atoms with van der Waals surface area (Å²) in [4.78, 5) is 12.0. The van der Waals surface area contributed by atoms with Crippen LogP contribution in [0.1, 0.15) is 18.4 Å². The molecule has 1 aliphatic heterocycles. The number of benzene rings is 1. The van der Waals surface area contributed by atoms with Crippen molar-refractivity contribution >= 4 is 24.1 Å². The minimum absolute atomic E-state index is 0. The van der Waals surface area contributed by atoms with Crippen LogP contribution in [0.4, 0.5) is 5.82 Å². The molecule has 24 heavy (non-hydrogen) atoms. The predicted octanol–water partition coefficient (Wildman–Crippen LogP) is 2.06. The Labute approximate surface area is 148 Å². The molecular weight excluding hydrogens is 328 g/mol. The number of aromatic nitrogens is 2. The van der Waals surface area contributed by atoms with Gasteiger partial charge in [0.1, 0.15) is 5.82 Å². The Morgan fingerprint density at radius 3 is 2.88 bits per heavy atom. The molecule has 1 aliphatic rings. The third-order valence-electron chi connectivity index (χ3n) is 3.84. The maximum atomic E-state index is 12.0. The second-order valence-electron chi connectivity index (χ2n) is 5.67. The molecule has 1 aromatic carbocycles. The van der Waals surface area contributed by atoms with E-state index in [0.29, 0.717) is 12.4 Å². The van der Waals surface area contributed by atoms with Crippen molar-refractivity contribution in [2.75, 3.05) is 25.0 Å². The van der Waals surface area contributed by atoms with Gasteiger partial charge in [0.25, 0.3) is 0 Å². The summed E-state index contributed by atoms with van der Waals surface area (Å²) in [5.41, 5.74) is 1.14. The van der Waals surface area contributed by atoms with Crippen LogP contribution < -0.4 is 10.6 Å². The number of anilines is 1. The third kappa shape index (κ3) is 5.33. The molecule has 0 saturated carbocycles. The van der Waals surface area contributed by atoms with Crippen molar-refractivity contribution in [3.05, 3.63) is 48.2 Å². The molecule has 130 valence electrons. The smallest absolute Gasteiger partial charge is 0.239 e. The van der Waals surface area contributed by atoms with Crippen molar-refractivity contribution in [1.29, 1.82) is 0 Å². The van der Waals surface area contributed by atoms with Crippen LogP contribution >= 0.6 is 12.4 Å². The van der Waals surface area contributed by atoms with E-state index in [1.807, 2.05) is 30.3 Å². The first kappa shape index (κ1) is 18.4. The molecule has 0 aliphatic carbocycles. The summed E-state index contributed by atoms with van der Waals surface area (Å²) in [6, 6.07) is 11.8. The Balaban J connectivity index is 0.00000208. The fourth-order valence-corrected chi connectivity index (χ4v) is 2.66. The molecule has 3 rings (SSSR count). The van der Waals surface area contributed by atoms with E-state index in [1.54, 1.807) is 16.9 Å². The Hall–Kier alpha value is -1.89. The molecule has 0 spiro atoms. The van der Waals surface area contributed by atoms with E-state index in [4.69, 9.17) is 4.74 Å². The highest BCUT2D eigenvalue weighted by Crippen LogP contribution is 2.11. The van der Waals surface area contributed by atoms with E-state index in [0.717, 1.165) is 31.6 Å². The Kier molecular flexibility index (Phi) is 7.24.